The lowest BCUT2D eigenvalue weighted by Crippen LogP contribution is -2.21. The molecule has 2 N–H and O–H groups in total. The molecule has 1 amide bonds. The van der Waals surface area contributed by atoms with E-state index in [1.165, 1.54) is 18.3 Å². The van der Waals surface area contributed by atoms with Gasteiger partial charge in [0.1, 0.15) is 4.47 Å². The van der Waals surface area contributed by atoms with Crippen LogP contribution in [0.1, 0.15) is 16.1 Å². The minimum absolute atomic E-state index is 0.0948. The smallest absolute Gasteiger partial charge is 0.282 e. The molecule has 26 heavy (non-hydrogen) atoms. The third kappa shape index (κ3) is 3.75. The number of halogens is 1. The number of benzene rings is 1. The van der Waals surface area contributed by atoms with Crippen molar-refractivity contribution in [2.24, 2.45) is 0 Å². The highest BCUT2D eigenvalue weighted by Gasteiger charge is 2.26. The van der Waals surface area contributed by atoms with Crippen LogP contribution >= 0.6 is 15.9 Å². The molecule has 0 aliphatic carbocycles. The first-order valence-corrected chi connectivity index (χ1v) is 9.62. The summed E-state index contributed by atoms with van der Waals surface area (Å²) in [7, 11) is -4.18. The largest absolute Gasteiger partial charge is 0.336 e. The summed E-state index contributed by atoms with van der Waals surface area (Å²) < 4.78 is 32.9. The molecular formula is C16H13BrN4O4S. The maximum absolute atomic E-state index is 12.7. The number of carbonyl (C=O) groups excluding carboxylic acids is 1. The molecule has 0 bridgehead atoms. The van der Waals surface area contributed by atoms with Gasteiger partial charge >= 0.3 is 0 Å². The first-order chi connectivity index (χ1) is 12.4. The molecule has 0 saturated heterocycles. The summed E-state index contributed by atoms with van der Waals surface area (Å²) >= 11 is 3.18. The Morgan fingerprint density at radius 3 is 2.54 bits per heavy atom. The number of para-hydroxylation sites is 1. The molecular weight excluding hydrogens is 424 g/mol. The average Bonchev–Trinajstić information content (AvgIpc) is 2.94. The Hall–Kier alpha value is -2.72. The zero-order valence-electron chi connectivity index (χ0n) is 13.4. The maximum Gasteiger partial charge on any atom is 0.282 e. The fourth-order valence-electron chi connectivity index (χ4n) is 2.09. The van der Waals surface area contributed by atoms with Gasteiger partial charge in [0.15, 0.2) is 5.03 Å². The molecule has 10 heteroatoms. The Kier molecular flexibility index (Phi) is 5.05. The number of anilines is 2. The van der Waals surface area contributed by atoms with Crippen molar-refractivity contribution in [2.75, 3.05) is 10.0 Å². The van der Waals surface area contributed by atoms with E-state index < -0.39 is 21.0 Å². The summed E-state index contributed by atoms with van der Waals surface area (Å²) in [4.78, 5) is 16.4. The van der Waals surface area contributed by atoms with Crippen molar-refractivity contribution < 1.29 is 17.7 Å². The Morgan fingerprint density at radius 1 is 1.15 bits per heavy atom. The molecule has 0 aliphatic rings. The van der Waals surface area contributed by atoms with Gasteiger partial charge in [0.25, 0.3) is 21.8 Å². The highest BCUT2D eigenvalue weighted by atomic mass is 79.9. The van der Waals surface area contributed by atoms with Crippen LogP contribution in [0, 0.1) is 6.92 Å². The highest BCUT2D eigenvalue weighted by Crippen LogP contribution is 2.28. The SMILES string of the molecule is Cc1noc(NS(=O)(=O)c2ncccc2C(=O)Nc2ccccc2)c1Br. The van der Waals surface area contributed by atoms with Gasteiger partial charge in [0, 0.05) is 11.9 Å². The van der Waals surface area contributed by atoms with E-state index in [-0.39, 0.29) is 11.4 Å². The molecule has 3 rings (SSSR count). The molecule has 134 valence electrons. The van der Waals surface area contributed by atoms with Gasteiger partial charge in [-0.2, -0.15) is 8.42 Å². The molecule has 0 atom stereocenters. The quantitative estimate of drug-likeness (QED) is 0.634. The third-order valence-corrected chi connectivity index (χ3v) is 5.54. The Morgan fingerprint density at radius 2 is 1.88 bits per heavy atom. The van der Waals surface area contributed by atoms with Gasteiger partial charge in [-0.15, -0.1) is 0 Å². The van der Waals surface area contributed by atoms with Crippen molar-refractivity contribution in [3.8, 4) is 0 Å². The Labute approximate surface area is 157 Å². The number of nitrogens with zero attached hydrogens (tertiary/aromatic N) is 2. The first-order valence-electron chi connectivity index (χ1n) is 7.34. The van der Waals surface area contributed by atoms with E-state index in [1.807, 2.05) is 0 Å². The fourth-order valence-corrected chi connectivity index (χ4v) is 3.60. The van der Waals surface area contributed by atoms with Crippen molar-refractivity contribution in [1.29, 1.82) is 0 Å². The van der Waals surface area contributed by atoms with Crippen LogP contribution in [0.4, 0.5) is 11.6 Å². The van der Waals surface area contributed by atoms with E-state index in [0.29, 0.717) is 15.9 Å². The number of pyridine rings is 1. The summed E-state index contributed by atoms with van der Waals surface area (Å²) in [5, 5.41) is 5.87. The van der Waals surface area contributed by atoms with Gasteiger partial charge in [-0.1, -0.05) is 23.4 Å². The second kappa shape index (κ2) is 7.26. The Balaban J connectivity index is 1.93. The van der Waals surface area contributed by atoms with E-state index in [9.17, 15) is 13.2 Å². The molecule has 0 radical (unpaired) electrons. The molecule has 2 aromatic heterocycles. The number of carbonyl (C=O) groups is 1. The molecule has 8 nitrogen and oxygen atoms in total. The van der Waals surface area contributed by atoms with E-state index >= 15 is 0 Å². The molecule has 0 fully saturated rings. The number of hydrogen-bond acceptors (Lipinski definition) is 6. The van der Waals surface area contributed by atoms with E-state index in [0.717, 1.165) is 0 Å². The van der Waals surface area contributed by atoms with Gasteiger partial charge in [-0.3, -0.25) is 4.79 Å². The zero-order chi connectivity index (χ0) is 18.7. The van der Waals surface area contributed by atoms with Crippen LogP contribution in [0.2, 0.25) is 0 Å². The van der Waals surface area contributed by atoms with Gasteiger partial charge in [-0.05, 0) is 47.1 Å². The minimum atomic E-state index is -4.18. The normalized spacial score (nSPS) is 11.2. The van der Waals surface area contributed by atoms with Crippen molar-refractivity contribution in [3.63, 3.8) is 0 Å². The molecule has 0 aliphatic heterocycles. The number of sulfonamides is 1. The van der Waals surface area contributed by atoms with Crippen LogP contribution in [0.25, 0.3) is 0 Å². The summed E-state index contributed by atoms with van der Waals surface area (Å²) in [5.74, 6) is -0.694. The number of rotatable bonds is 5. The van der Waals surface area contributed by atoms with Crippen molar-refractivity contribution in [1.82, 2.24) is 10.1 Å². The first kappa shape index (κ1) is 18.1. The van der Waals surface area contributed by atoms with Crippen LogP contribution < -0.4 is 10.0 Å². The maximum atomic E-state index is 12.7. The van der Waals surface area contributed by atoms with Crippen molar-refractivity contribution in [3.05, 3.63) is 64.4 Å². The number of amides is 1. The summed E-state index contributed by atoms with van der Waals surface area (Å²) in [6.45, 7) is 1.64. The number of hydrogen-bond donors (Lipinski definition) is 2. The van der Waals surface area contributed by atoms with Crippen LogP contribution in [0.3, 0.4) is 0 Å². The average molecular weight is 437 g/mol. The van der Waals surface area contributed by atoms with Crippen molar-refractivity contribution in [2.45, 2.75) is 11.9 Å². The summed E-state index contributed by atoms with van der Waals surface area (Å²) in [6, 6.07) is 11.5. The zero-order valence-corrected chi connectivity index (χ0v) is 15.8. The predicted molar refractivity (Wildman–Crippen MR) is 98.4 cm³/mol. The summed E-state index contributed by atoms with van der Waals surface area (Å²) in [5.41, 5.74) is 0.910. The molecule has 0 spiro atoms. The molecule has 0 unspecified atom stereocenters. The van der Waals surface area contributed by atoms with Crippen LogP contribution in [-0.2, 0) is 10.0 Å². The highest BCUT2D eigenvalue weighted by molar-refractivity contribution is 9.10. The Bertz CT molecular complexity index is 1050. The van der Waals surface area contributed by atoms with Gasteiger partial charge in [0.05, 0.1) is 11.3 Å². The standard InChI is InChI=1S/C16H13BrN4O4S/c1-10-13(17)15(25-20-10)21-26(23,24)16-12(8-5-9-18-16)14(22)19-11-6-3-2-4-7-11/h2-9,21H,1H3,(H,19,22). The molecule has 2 heterocycles. The van der Waals surface area contributed by atoms with Crippen LogP contribution in [-0.4, -0.2) is 24.5 Å². The van der Waals surface area contributed by atoms with E-state index in [4.69, 9.17) is 4.52 Å². The molecule has 3 aromatic rings. The fraction of sp³-hybridized carbons (Fsp3) is 0.0625. The third-order valence-electron chi connectivity index (χ3n) is 3.32. The number of nitrogens with one attached hydrogen (secondary N) is 2. The second-order valence-corrected chi connectivity index (χ2v) is 7.58. The lowest BCUT2D eigenvalue weighted by molar-refractivity contribution is 0.102. The number of aryl methyl sites for hydroxylation is 1. The van der Waals surface area contributed by atoms with Crippen LogP contribution in [0.5, 0.6) is 0 Å². The number of aromatic nitrogens is 2. The van der Waals surface area contributed by atoms with Gasteiger partial charge in [-0.25, -0.2) is 9.71 Å². The topological polar surface area (TPSA) is 114 Å². The van der Waals surface area contributed by atoms with E-state index in [2.05, 4.69) is 36.1 Å². The predicted octanol–water partition coefficient (Wildman–Crippen LogP) is 3.19. The van der Waals surface area contributed by atoms with Gasteiger partial charge < -0.3 is 9.84 Å². The molecule has 0 saturated carbocycles. The van der Waals surface area contributed by atoms with E-state index in [1.54, 1.807) is 37.3 Å². The second-order valence-electron chi connectivity index (χ2n) is 5.19. The molecule has 1 aromatic carbocycles. The van der Waals surface area contributed by atoms with Crippen molar-refractivity contribution >= 4 is 43.4 Å². The van der Waals surface area contributed by atoms with Gasteiger partial charge in [0.2, 0.25) is 0 Å². The summed E-state index contributed by atoms with van der Waals surface area (Å²) in [6.07, 6.45) is 1.29. The lowest BCUT2D eigenvalue weighted by Gasteiger charge is -2.10. The lowest BCUT2D eigenvalue weighted by atomic mass is 10.2. The monoisotopic (exact) mass is 436 g/mol. The minimum Gasteiger partial charge on any atom is -0.336 e. The van der Waals surface area contributed by atoms with Crippen LogP contribution in [0.15, 0.2) is 62.7 Å².